The summed E-state index contributed by atoms with van der Waals surface area (Å²) in [4.78, 5) is 21.9. The van der Waals surface area contributed by atoms with Crippen LogP contribution >= 0.6 is 0 Å². The summed E-state index contributed by atoms with van der Waals surface area (Å²) in [5, 5.41) is 8.98. The predicted molar refractivity (Wildman–Crippen MR) is 73.3 cm³/mol. The van der Waals surface area contributed by atoms with Crippen molar-refractivity contribution in [2.45, 2.75) is 39.0 Å². The van der Waals surface area contributed by atoms with Crippen LogP contribution in [0.4, 0.5) is 5.69 Å². The fraction of sp³-hybridized carbons (Fsp3) is 0.643. The third-order valence-corrected chi connectivity index (χ3v) is 3.52. The van der Waals surface area contributed by atoms with Crippen LogP contribution in [0.1, 0.15) is 39.4 Å². The number of piperidine rings is 1. The Morgan fingerprint density at radius 1 is 1.26 bits per heavy atom. The molecular weight excluding hydrogens is 242 g/mol. The van der Waals surface area contributed by atoms with Gasteiger partial charge in [-0.2, -0.15) is 0 Å². The molecule has 2 heterocycles. The molecule has 2 rings (SSSR count). The van der Waals surface area contributed by atoms with E-state index in [1.165, 1.54) is 0 Å². The number of nitrogens with zero attached hydrogens (tertiary/aromatic N) is 3. The highest BCUT2D eigenvalue weighted by atomic mass is 16.4. The Balaban J connectivity index is 2.02. The third-order valence-electron chi connectivity index (χ3n) is 3.52. The molecule has 104 valence electrons. The average molecular weight is 263 g/mol. The minimum atomic E-state index is -0.681. The monoisotopic (exact) mass is 263 g/mol. The Kier molecular flexibility index (Phi) is 3.73. The molecule has 0 radical (unpaired) electrons. The molecule has 0 aromatic carbocycles. The number of aromatic nitrogens is 2. The van der Waals surface area contributed by atoms with Crippen LogP contribution in [0.15, 0.2) is 12.4 Å². The van der Waals surface area contributed by atoms with Gasteiger partial charge in [-0.3, -0.25) is 4.79 Å². The molecule has 1 aliphatic rings. The Bertz CT molecular complexity index is 443. The first-order valence-corrected chi connectivity index (χ1v) is 6.68. The molecule has 0 saturated carbocycles. The minimum absolute atomic E-state index is 0.0468. The summed E-state index contributed by atoms with van der Waals surface area (Å²) in [6, 6.07) is 0. The van der Waals surface area contributed by atoms with Crippen LogP contribution in [0.25, 0.3) is 0 Å². The fourth-order valence-corrected chi connectivity index (χ4v) is 2.26. The van der Waals surface area contributed by atoms with E-state index in [1.54, 1.807) is 0 Å². The number of anilines is 1. The number of aliphatic carboxylic acids is 1. The Morgan fingerprint density at radius 3 is 2.21 bits per heavy atom. The van der Waals surface area contributed by atoms with Crippen molar-refractivity contribution in [1.29, 1.82) is 0 Å². The van der Waals surface area contributed by atoms with Crippen molar-refractivity contribution in [2.75, 3.05) is 18.0 Å². The predicted octanol–water partition coefficient (Wildman–Crippen LogP) is 2.08. The van der Waals surface area contributed by atoms with Gasteiger partial charge in [0, 0.05) is 18.5 Å². The van der Waals surface area contributed by atoms with Gasteiger partial charge >= 0.3 is 5.97 Å². The minimum Gasteiger partial charge on any atom is -0.481 e. The summed E-state index contributed by atoms with van der Waals surface area (Å²) in [7, 11) is 0. The number of carbonyl (C=O) groups is 1. The zero-order valence-electron chi connectivity index (χ0n) is 11.8. The molecule has 1 aromatic rings. The highest BCUT2D eigenvalue weighted by Gasteiger charge is 2.25. The standard InChI is InChI=1S/C14H21N3O2/c1-14(2,3)13-15-8-11(9-16-13)17-6-4-10(5-7-17)12(18)19/h8-10H,4-7H2,1-3H3,(H,18,19). The van der Waals surface area contributed by atoms with Crippen LogP contribution in [0.3, 0.4) is 0 Å². The molecule has 0 aliphatic carbocycles. The first-order valence-electron chi connectivity index (χ1n) is 6.68. The number of hydrogen-bond acceptors (Lipinski definition) is 4. The topological polar surface area (TPSA) is 66.3 Å². The molecule has 1 aromatic heterocycles. The summed E-state index contributed by atoms with van der Waals surface area (Å²) in [6.07, 6.45) is 5.07. The maximum Gasteiger partial charge on any atom is 0.306 e. The Morgan fingerprint density at radius 2 is 1.79 bits per heavy atom. The van der Waals surface area contributed by atoms with E-state index in [1.807, 2.05) is 12.4 Å². The molecule has 1 aliphatic heterocycles. The molecule has 0 atom stereocenters. The highest BCUT2D eigenvalue weighted by Crippen LogP contribution is 2.24. The summed E-state index contributed by atoms with van der Waals surface area (Å²) >= 11 is 0. The molecule has 0 amide bonds. The van der Waals surface area contributed by atoms with Gasteiger partial charge in [0.25, 0.3) is 0 Å². The van der Waals surface area contributed by atoms with Gasteiger partial charge in [0.05, 0.1) is 24.0 Å². The SMILES string of the molecule is CC(C)(C)c1ncc(N2CCC(C(=O)O)CC2)cn1. The zero-order chi connectivity index (χ0) is 14.0. The molecule has 5 heteroatoms. The normalized spacial score (nSPS) is 17.5. The number of rotatable bonds is 2. The van der Waals surface area contributed by atoms with E-state index in [0.717, 1.165) is 24.6 Å². The first-order chi connectivity index (χ1) is 8.88. The Labute approximate surface area is 113 Å². The molecule has 0 bridgehead atoms. The van der Waals surface area contributed by atoms with Crippen molar-refractivity contribution >= 4 is 11.7 Å². The van der Waals surface area contributed by atoms with Gasteiger partial charge in [-0.15, -0.1) is 0 Å². The molecule has 1 N–H and O–H groups in total. The zero-order valence-corrected chi connectivity index (χ0v) is 11.8. The molecule has 0 unspecified atom stereocenters. The van der Waals surface area contributed by atoms with E-state index in [2.05, 4.69) is 35.6 Å². The van der Waals surface area contributed by atoms with Gasteiger partial charge in [-0.1, -0.05) is 20.8 Å². The van der Waals surface area contributed by atoms with Crippen molar-refractivity contribution in [3.05, 3.63) is 18.2 Å². The van der Waals surface area contributed by atoms with E-state index in [9.17, 15) is 4.79 Å². The van der Waals surface area contributed by atoms with Crippen LogP contribution in [-0.2, 0) is 10.2 Å². The first kappa shape index (κ1) is 13.8. The lowest BCUT2D eigenvalue weighted by Crippen LogP contribution is -2.36. The lowest BCUT2D eigenvalue weighted by molar-refractivity contribution is -0.142. The van der Waals surface area contributed by atoms with Crippen molar-refractivity contribution in [3.63, 3.8) is 0 Å². The van der Waals surface area contributed by atoms with Gasteiger partial charge < -0.3 is 10.0 Å². The second kappa shape index (κ2) is 5.15. The summed E-state index contributed by atoms with van der Waals surface area (Å²) in [6.45, 7) is 7.77. The molecule has 5 nitrogen and oxygen atoms in total. The largest absolute Gasteiger partial charge is 0.481 e. The van der Waals surface area contributed by atoms with Crippen molar-refractivity contribution < 1.29 is 9.90 Å². The molecular formula is C14H21N3O2. The van der Waals surface area contributed by atoms with Crippen molar-refractivity contribution in [3.8, 4) is 0 Å². The van der Waals surface area contributed by atoms with Crippen molar-refractivity contribution in [2.24, 2.45) is 5.92 Å². The summed E-state index contributed by atoms with van der Waals surface area (Å²) in [5.74, 6) is -0.0540. The number of hydrogen-bond donors (Lipinski definition) is 1. The van der Waals surface area contributed by atoms with Gasteiger partial charge in [-0.05, 0) is 12.8 Å². The van der Waals surface area contributed by atoms with Crippen LogP contribution in [0.2, 0.25) is 0 Å². The lowest BCUT2D eigenvalue weighted by atomic mass is 9.95. The highest BCUT2D eigenvalue weighted by molar-refractivity contribution is 5.70. The van der Waals surface area contributed by atoms with E-state index in [-0.39, 0.29) is 11.3 Å². The average Bonchev–Trinajstić information content (AvgIpc) is 2.38. The Hall–Kier alpha value is -1.65. The van der Waals surface area contributed by atoms with Gasteiger partial charge in [0.15, 0.2) is 0 Å². The number of carboxylic acid groups (broad SMARTS) is 1. The van der Waals surface area contributed by atoms with Crippen LogP contribution < -0.4 is 4.90 Å². The molecule has 19 heavy (non-hydrogen) atoms. The molecule has 0 spiro atoms. The van der Waals surface area contributed by atoms with Crippen LogP contribution in [0.5, 0.6) is 0 Å². The van der Waals surface area contributed by atoms with Gasteiger partial charge in [0.2, 0.25) is 0 Å². The van der Waals surface area contributed by atoms with Crippen LogP contribution in [0, 0.1) is 5.92 Å². The van der Waals surface area contributed by atoms with E-state index >= 15 is 0 Å². The van der Waals surface area contributed by atoms with E-state index in [0.29, 0.717) is 12.8 Å². The second-order valence-corrected chi connectivity index (χ2v) is 6.11. The van der Waals surface area contributed by atoms with Crippen LogP contribution in [-0.4, -0.2) is 34.1 Å². The maximum atomic E-state index is 10.9. The number of carboxylic acids is 1. The van der Waals surface area contributed by atoms with Crippen molar-refractivity contribution in [1.82, 2.24) is 9.97 Å². The van der Waals surface area contributed by atoms with Gasteiger partial charge in [-0.25, -0.2) is 9.97 Å². The smallest absolute Gasteiger partial charge is 0.306 e. The quantitative estimate of drug-likeness (QED) is 0.884. The fourth-order valence-electron chi connectivity index (χ4n) is 2.26. The summed E-state index contributed by atoms with van der Waals surface area (Å²) in [5.41, 5.74) is 0.936. The lowest BCUT2D eigenvalue weighted by Gasteiger charge is -2.31. The second-order valence-electron chi connectivity index (χ2n) is 6.11. The molecule has 1 fully saturated rings. The molecule has 1 saturated heterocycles. The third kappa shape index (κ3) is 3.22. The maximum absolute atomic E-state index is 10.9. The van der Waals surface area contributed by atoms with E-state index in [4.69, 9.17) is 5.11 Å². The summed E-state index contributed by atoms with van der Waals surface area (Å²) < 4.78 is 0. The van der Waals surface area contributed by atoms with Gasteiger partial charge in [0.1, 0.15) is 5.82 Å². The van der Waals surface area contributed by atoms with E-state index < -0.39 is 5.97 Å².